The predicted octanol–water partition coefficient (Wildman–Crippen LogP) is 3.47. The van der Waals surface area contributed by atoms with Gasteiger partial charge in [-0.25, -0.2) is 9.78 Å². The third-order valence-electron chi connectivity index (χ3n) is 4.62. The number of pyridine rings is 1. The highest BCUT2D eigenvalue weighted by atomic mass is 32.1. The first-order valence-corrected chi connectivity index (χ1v) is 10.3. The van der Waals surface area contributed by atoms with Crippen molar-refractivity contribution in [3.63, 3.8) is 0 Å². The molecule has 12 nitrogen and oxygen atoms in total. The predicted molar refractivity (Wildman–Crippen MR) is 119 cm³/mol. The molecule has 0 aliphatic heterocycles. The van der Waals surface area contributed by atoms with Crippen LogP contribution in [-0.2, 0) is 0 Å². The van der Waals surface area contributed by atoms with E-state index in [1.165, 1.54) is 29.7 Å². The minimum absolute atomic E-state index is 0.0196. The lowest BCUT2D eigenvalue weighted by Crippen LogP contribution is -2.13. The summed E-state index contributed by atoms with van der Waals surface area (Å²) in [6, 6.07) is 6.22. The lowest BCUT2D eigenvalue weighted by atomic mass is 10.1. The van der Waals surface area contributed by atoms with E-state index in [0.29, 0.717) is 27.1 Å². The SMILES string of the molecule is Cc1cnoc1C(=O)Nc1cc(C(=O)O)cc(-c2nnc(Nc3cc4cn[nH]c4cn3)s2)c1. The van der Waals surface area contributed by atoms with Crippen LogP contribution in [0, 0.1) is 6.92 Å². The molecule has 1 amide bonds. The van der Waals surface area contributed by atoms with Gasteiger partial charge in [-0.2, -0.15) is 5.10 Å². The number of carbonyl (C=O) groups is 2. The summed E-state index contributed by atoms with van der Waals surface area (Å²) in [4.78, 5) is 28.4. The number of fused-ring (bicyclic) bond motifs is 1. The van der Waals surface area contributed by atoms with Crippen LogP contribution in [0.5, 0.6) is 0 Å². The second-order valence-corrected chi connectivity index (χ2v) is 7.94. The molecule has 4 heterocycles. The lowest BCUT2D eigenvalue weighted by molar-refractivity contribution is 0.0696. The summed E-state index contributed by atoms with van der Waals surface area (Å²) in [7, 11) is 0. The highest BCUT2D eigenvalue weighted by molar-refractivity contribution is 7.18. The number of hydrogen-bond donors (Lipinski definition) is 4. The van der Waals surface area contributed by atoms with Crippen molar-refractivity contribution in [3.05, 3.63) is 59.7 Å². The molecule has 13 heteroatoms. The van der Waals surface area contributed by atoms with Gasteiger partial charge in [-0.05, 0) is 31.2 Å². The van der Waals surface area contributed by atoms with Crippen LogP contribution in [0.4, 0.5) is 16.6 Å². The number of H-pyrrole nitrogens is 1. The molecular formula is C20H14N8O4S. The second-order valence-electron chi connectivity index (χ2n) is 6.96. The van der Waals surface area contributed by atoms with Crippen LogP contribution in [0.25, 0.3) is 21.5 Å². The average Bonchev–Trinajstić information content (AvgIpc) is 3.54. The molecular weight excluding hydrogens is 448 g/mol. The van der Waals surface area contributed by atoms with Gasteiger partial charge in [-0.15, -0.1) is 10.2 Å². The monoisotopic (exact) mass is 462 g/mol. The Hall–Kier alpha value is -4.65. The van der Waals surface area contributed by atoms with E-state index in [9.17, 15) is 14.7 Å². The van der Waals surface area contributed by atoms with Crippen LogP contribution in [0.2, 0.25) is 0 Å². The molecule has 5 rings (SSSR count). The molecule has 1 aromatic carbocycles. The average molecular weight is 462 g/mol. The minimum Gasteiger partial charge on any atom is -0.478 e. The molecule has 0 unspecified atom stereocenters. The van der Waals surface area contributed by atoms with Crippen LogP contribution in [0.3, 0.4) is 0 Å². The van der Waals surface area contributed by atoms with Gasteiger partial charge in [-0.1, -0.05) is 16.5 Å². The molecule has 0 aliphatic rings. The van der Waals surface area contributed by atoms with Crippen molar-refractivity contribution < 1.29 is 19.2 Å². The number of amides is 1. The number of hydrogen-bond acceptors (Lipinski definition) is 10. The minimum atomic E-state index is -1.15. The van der Waals surface area contributed by atoms with E-state index in [1.54, 1.807) is 25.4 Å². The molecule has 0 spiro atoms. The van der Waals surface area contributed by atoms with Crippen molar-refractivity contribution in [2.75, 3.05) is 10.6 Å². The molecule has 4 aromatic heterocycles. The number of carboxylic acids is 1. The number of aromatic carboxylic acids is 1. The molecule has 0 saturated carbocycles. The maximum absolute atomic E-state index is 12.5. The van der Waals surface area contributed by atoms with Crippen LogP contribution in [0.1, 0.15) is 26.5 Å². The van der Waals surface area contributed by atoms with E-state index in [0.717, 1.165) is 10.9 Å². The van der Waals surface area contributed by atoms with Gasteiger partial charge >= 0.3 is 5.97 Å². The van der Waals surface area contributed by atoms with Gasteiger partial charge in [0, 0.05) is 22.2 Å². The smallest absolute Gasteiger partial charge is 0.335 e. The zero-order valence-corrected chi connectivity index (χ0v) is 17.7. The fourth-order valence-corrected chi connectivity index (χ4v) is 3.79. The van der Waals surface area contributed by atoms with Crippen LogP contribution >= 0.6 is 11.3 Å². The summed E-state index contributed by atoms with van der Waals surface area (Å²) in [6.45, 7) is 1.68. The van der Waals surface area contributed by atoms with Gasteiger partial charge in [0.2, 0.25) is 10.9 Å². The molecule has 33 heavy (non-hydrogen) atoms. The molecule has 164 valence electrons. The fraction of sp³-hybridized carbons (Fsp3) is 0.0500. The number of aryl methyl sites for hydroxylation is 1. The first-order chi connectivity index (χ1) is 16.0. The van der Waals surface area contributed by atoms with Crippen LogP contribution in [-0.4, -0.2) is 47.5 Å². The molecule has 0 fully saturated rings. The summed E-state index contributed by atoms with van der Waals surface area (Å²) in [5, 5.41) is 35.6. The molecule has 4 N–H and O–H groups in total. The number of nitrogens with one attached hydrogen (secondary N) is 3. The van der Waals surface area contributed by atoms with Crippen molar-refractivity contribution in [2.24, 2.45) is 0 Å². The van der Waals surface area contributed by atoms with Gasteiger partial charge in [0.25, 0.3) is 5.91 Å². The van der Waals surface area contributed by atoms with Crippen molar-refractivity contribution in [3.8, 4) is 10.6 Å². The number of anilines is 3. The molecule has 0 saturated heterocycles. The number of aromatic amines is 1. The van der Waals surface area contributed by atoms with Crippen molar-refractivity contribution in [2.45, 2.75) is 6.92 Å². The van der Waals surface area contributed by atoms with Crippen molar-refractivity contribution >= 4 is 50.8 Å². The largest absolute Gasteiger partial charge is 0.478 e. The maximum atomic E-state index is 12.5. The quantitative estimate of drug-likeness (QED) is 0.293. The summed E-state index contributed by atoms with van der Waals surface area (Å²) >= 11 is 1.21. The van der Waals surface area contributed by atoms with Gasteiger partial charge in [0.05, 0.1) is 29.7 Å². The summed E-state index contributed by atoms with van der Waals surface area (Å²) in [5.74, 6) is -1.09. The third kappa shape index (κ3) is 4.12. The van der Waals surface area contributed by atoms with Gasteiger partial charge in [0.1, 0.15) is 10.8 Å². The first kappa shape index (κ1) is 20.3. The highest BCUT2D eigenvalue weighted by Gasteiger charge is 2.17. The normalized spacial score (nSPS) is 10.9. The molecule has 5 aromatic rings. The number of carboxylic acid groups (broad SMARTS) is 1. The highest BCUT2D eigenvalue weighted by Crippen LogP contribution is 2.31. The van der Waals surface area contributed by atoms with E-state index in [2.05, 4.69) is 41.2 Å². The number of aromatic nitrogens is 6. The Kier molecular flexibility index (Phi) is 4.99. The number of nitrogens with zero attached hydrogens (tertiary/aromatic N) is 5. The van der Waals surface area contributed by atoms with E-state index in [4.69, 9.17) is 4.52 Å². The van der Waals surface area contributed by atoms with Crippen molar-refractivity contribution in [1.29, 1.82) is 0 Å². The fourth-order valence-electron chi connectivity index (χ4n) is 3.05. The van der Waals surface area contributed by atoms with E-state index < -0.39 is 11.9 Å². The zero-order chi connectivity index (χ0) is 22.9. The standard InChI is InChI=1S/C20H14N8O4S/c1-9-6-23-32-16(9)17(29)24-13-3-10(2-11(4-13)19(30)31)18-27-28-20(33-18)25-15-5-12-7-22-26-14(12)8-21-15/h2-8H,1H3,(H,22,26)(H,24,29)(H,30,31)(H,21,25,28). The Labute approximate surface area is 188 Å². The van der Waals surface area contributed by atoms with Crippen LogP contribution in [0.15, 0.2) is 47.4 Å². The number of carbonyl (C=O) groups excluding carboxylic acids is 1. The molecule has 0 bridgehead atoms. The van der Waals surface area contributed by atoms with E-state index in [-0.39, 0.29) is 17.0 Å². The first-order valence-electron chi connectivity index (χ1n) is 9.47. The maximum Gasteiger partial charge on any atom is 0.335 e. The Morgan fingerprint density at radius 3 is 2.79 bits per heavy atom. The summed E-state index contributed by atoms with van der Waals surface area (Å²) < 4.78 is 4.95. The molecule has 0 aliphatic carbocycles. The van der Waals surface area contributed by atoms with Gasteiger partial charge in [-0.3, -0.25) is 9.89 Å². The van der Waals surface area contributed by atoms with E-state index >= 15 is 0 Å². The Balaban J connectivity index is 1.42. The van der Waals surface area contributed by atoms with E-state index in [1.807, 2.05) is 6.07 Å². The van der Waals surface area contributed by atoms with Crippen molar-refractivity contribution in [1.82, 2.24) is 30.5 Å². The topological polar surface area (TPSA) is 172 Å². The van der Waals surface area contributed by atoms with Gasteiger partial charge in [0.15, 0.2) is 0 Å². The van der Waals surface area contributed by atoms with Crippen LogP contribution < -0.4 is 10.6 Å². The Morgan fingerprint density at radius 1 is 1.12 bits per heavy atom. The lowest BCUT2D eigenvalue weighted by Gasteiger charge is -2.07. The Bertz CT molecular complexity index is 1500. The van der Waals surface area contributed by atoms with Gasteiger partial charge < -0.3 is 20.3 Å². The zero-order valence-electron chi connectivity index (χ0n) is 16.9. The summed E-state index contributed by atoms with van der Waals surface area (Å²) in [5.41, 5.74) is 2.09. The molecule has 0 atom stereocenters. The number of benzene rings is 1. The second kappa shape index (κ2) is 8.12. The Morgan fingerprint density at radius 2 is 2.00 bits per heavy atom. The number of rotatable bonds is 6. The molecule has 0 radical (unpaired) electrons. The summed E-state index contributed by atoms with van der Waals surface area (Å²) in [6.07, 6.45) is 4.75. The third-order valence-corrected chi connectivity index (χ3v) is 5.51.